The van der Waals surface area contributed by atoms with Gasteiger partial charge in [0.25, 0.3) is 11.5 Å². The number of hydroxylamine groups is 1. The van der Waals surface area contributed by atoms with Crippen LogP contribution >= 0.6 is 23.2 Å². The predicted molar refractivity (Wildman–Crippen MR) is 110 cm³/mol. The molecule has 1 atom stereocenters. The number of hydrogen-bond acceptors (Lipinski definition) is 5. The molecule has 0 saturated heterocycles. The van der Waals surface area contributed by atoms with E-state index in [0.717, 1.165) is 12.1 Å². The second-order valence-corrected chi connectivity index (χ2v) is 7.72. The second-order valence-electron chi connectivity index (χ2n) is 6.85. The number of carbonyl (C=O) groups is 1. The molecule has 0 aliphatic carbocycles. The predicted octanol–water partition coefficient (Wildman–Crippen LogP) is 4.72. The molecular formula is C20H18Cl2F3N3O3. The van der Waals surface area contributed by atoms with E-state index >= 15 is 0 Å². The monoisotopic (exact) mass is 475 g/mol. The molecule has 0 spiro atoms. The molecule has 0 radical (unpaired) electrons. The van der Waals surface area contributed by atoms with Gasteiger partial charge in [-0.1, -0.05) is 34.4 Å². The van der Waals surface area contributed by atoms with Crippen LogP contribution < -0.4 is 10.8 Å². The molecule has 11 heteroatoms. The van der Waals surface area contributed by atoms with Crippen molar-refractivity contribution < 1.29 is 27.6 Å². The number of aryl methyl sites for hydroxylation is 1. The Bertz CT molecular complexity index is 1010. The fraction of sp³-hybridized carbons (Fsp3) is 0.300. The molecule has 0 saturated carbocycles. The lowest BCUT2D eigenvalue weighted by atomic mass is 9.86. The van der Waals surface area contributed by atoms with Crippen LogP contribution in [0.15, 0.2) is 41.6 Å². The minimum Gasteiger partial charge on any atom is -0.374 e. The first kappa shape index (κ1) is 23.3. The van der Waals surface area contributed by atoms with Gasteiger partial charge in [0, 0.05) is 27.6 Å². The molecule has 1 heterocycles. The molecule has 6 nitrogen and oxygen atoms in total. The smallest absolute Gasteiger partial charge is 0.374 e. The van der Waals surface area contributed by atoms with Gasteiger partial charge in [-0.25, -0.2) is 0 Å². The normalized spacial score (nSPS) is 18.5. The Labute approximate surface area is 186 Å². The first-order chi connectivity index (χ1) is 14.6. The van der Waals surface area contributed by atoms with E-state index in [9.17, 15) is 18.0 Å². The van der Waals surface area contributed by atoms with Crippen molar-refractivity contribution in [1.82, 2.24) is 10.8 Å². The molecule has 0 bridgehead atoms. The lowest BCUT2D eigenvalue weighted by molar-refractivity contribution is -0.275. The average molecular weight is 476 g/mol. The Morgan fingerprint density at radius 2 is 1.90 bits per heavy atom. The highest BCUT2D eigenvalue weighted by Crippen LogP contribution is 2.49. The zero-order valence-electron chi connectivity index (χ0n) is 16.4. The summed E-state index contributed by atoms with van der Waals surface area (Å²) in [5.41, 5.74) is 0.941. The number of carbonyl (C=O) groups excluding carboxylic acids is 1. The third kappa shape index (κ3) is 4.79. The topological polar surface area (TPSA) is 72.0 Å². The second kappa shape index (κ2) is 9.04. The van der Waals surface area contributed by atoms with E-state index in [-0.39, 0.29) is 33.9 Å². The van der Waals surface area contributed by atoms with Crippen molar-refractivity contribution in [2.45, 2.75) is 25.1 Å². The van der Waals surface area contributed by atoms with Crippen LogP contribution in [-0.4, -0.2) is 31.6 Å². The molecule has 2 N–H and O–H groups in total. The van der Waals surface area contributed by atoms with E-state index in [4.69, 9.17) is 28.0 Å². The number of nitrogens with one attached hydrogen (secondary N) is 2. The van der Waals surface area contributed by atoms with Gasteiger partial charge in [0.2, 0.25) is 0 Å². The highest BCUT2D eigenvalue weighted by Gasteiger charge is 2.62. The van der Waals surface area contributed by atoms with Gasteiger partial charge in [-0.3, -0.25) is 4.79 Å². The molecule has 1 unspecified atom stereocenters. The van der Waals surface area contributed by atoms with Crippen molar-refractivity contribution in [3.05, 3.63) is 68.7 Å². The third-order valence-corrected chi connectivity index (χ3v) is 5.22. The summed E-state index contributed by atoms with van der Waals surface area (Å²) in [5, 5.41) is 6.42. The summed E-state index contributed by atoms with van der Waals surface area (Å²) in [4.78, 5) is 21.9. The fourth-order valence-electron chi connectivity index (χ4n) is 3.23. The highest BCUT2D eigenvalue weighted by atomic mass is 35.5. The van der Waals surface area contributed by atoms with E-state index in [1.54, 1.807) is 13.0 Å². The van der Waals surface area contributed by atoms with E-state index < -0.39 is 18.2 Å². The number of nitrogens with zero attached hydrogens (tertiary/aromatic N) is 1. The van der Waals surface area contributed by atoms with Crippen LogP contribution in [-0.2, 0) is 15.3 Å². The van der Waals surface area contributed by atoms with Crippen molar-refractivity contribution in [2.75, 3.05) is 13.8 Å². The van der Waals surface area contributed by atoms with Crippen molar-refractivity contribution in [1.29, 1.82) is 0 Å². The maximum atomic E-state index is 14.1. The minimum absolute atomic E-state index is 0.0531. The van der Waals surface area contributed by atoms with Gasteiger partial charge in [0.15, 0.2) is 0 Å². The Balaban J connectivity index is 1.88. The molecule has 2 aromatic carbocycles. The van der Waals surface area contributed by atoms with Gasteiger partial charge in [-0.05, 0) is 48.4 Å². The van der Waals surface area contributed by atoms with Gasteiger partial charge in [-0.2, -0.15) is 18.7 Å². The average Bonchev–Trinajstić information content (AvgIpc) is 3.14. The fourth-order valence-corrected chi connectivity index (χ4v) is 3.75. The lowest BCUT2D eigenvalue weighted by Gasteiger charge is -2.29. The van der Waals surface area contributed by atoms with E-state index in [0.29, 0.717) is 16.7 Å². The number of alkyl halides is 3. The van der Waals surface area contributed by atoms with Gasteiger partial charge < -0.3 is 15.0 Å². The first-order valence-corrected chi connectivity index (χ1v) is 9.76. The van der Waals surface area contributed by atoms with Crippen LogP contribution in [0.1, 0.15) is 33.5 Å². The molecule has 1 aliphatic heterocycles. The summed E-state index contributed by atoms with van der Waals surface area (Å²) < 4.78 is 42.3. The maximum absolute atomic E-state index is 14.1. The molecule has 2 aromatic rings. The van der Waals surface area contributed by atoms with Gasteiger partial charge in [-0.15, -0.1) is 0 Å². The van der Waals surface area contributed by atoms with E-state index in [1.807, 2.05) is 0 Å². The zero-order valence-corrected chi connectivity index (χ0v) is 18.0. The zero-order chi connectivity index (χ0) is 22.8. The number of halogens is 5. The van der Waals surface area contributed by atoms with Crippen LogP contribution in [0.25, 0.3) is 0 Å². The van der Waals surface area contributed by atoms with Crippen LogP contribution in [0.4, 0.5) is 13.2 Å². The maximum Gasteiger partial charge on any atom is 0.435 e. The summed E-state index contributed by atoms with van der Waals surface area (Å²) in [6.45, 7) is 1.76. The molecule has 31 heavy (non-hydrogen) atoms. The summed E-state index contributed by atoms with van der Waals surface area (Å²) in [5.74, 6) is -0.364. The van der Waals surface area contributed by atoms with Gasteiger partial charge in [0.05, 0.1) is 19.5 Å². The van der Waals surface area contributed by atoms with Crippen molar-refractivity contribution >= 4 is 34.8 Å². The number of benzene rings is 2. The largest absolute Gasteiger partial charge is 0.435 e. The summed E-state index contributed by atoms with van der Waals surface area (Å²) in [6.07, 6.45) is -5.36. The number of oxime groups is 1. The van der Waals surface area contributed by atoms with Gasteiger partial charge in [0.1, 0.15) is 0 Å². The van der Waals surface area contributed by atoms with Gasteiger partial charge >= 0.3 is 6.18 Å². The van der Waals surface area contributed by atoms with Crippen LogP contribution in [0, 0.1) is 6.92 Å². The van der Waals surface area contributed by atoms with Crippen molar-refractivity contribution in [3.8, 4) is 0 Å². The highest BCUT2D eigenvalue weighted by molar-refractivity contribution is 6.34. The van der Waals surface area contributed by atoms with Crippen molar-refractivity contribution in [2.24, 2.45) is 5.16 Å². The summed E-state index contributed by atoms with van der Waals surface area (Å²) in [6, 6.07) is 8.27. The van der Waals surface area contributed by atoms with E-state index in [2.05, 4.69) is 20.8 Å². The Morgan fingerprint density at radius 1 is 1.23 bits per heavy atom. The standard InChI is InChI=1S/C20H18Cl2F3N3O3/c1-11-5-12(3-4-16(11)18(29)26-10-27-30-2)17-9-19(31-28-17,20(23,24)25)13-6-14(21)8-15(22)7-13/h3-8,27H,9-10H2,1-2H3,(H,26,29). The molecule has 0 fully saturated rings. The third-order valence-electron chi connectivity index (χ3n) is 4.78. The number of rotatable bonds is 6. The minimum atomic E-state index is -4.78. The Kier molecular flexibility index (Phi) is 6.80. The molecule has 0 aromatic heterocycles. The summed E-state index contributed by atoms with van der Waals surface area (Å²) >= 11 is 11.8. The molecule has 166 valence electrons. The first-order valence-electron chi connectivity index (χ1n) is 9.01. The molecule has 1 aliphatic rings. The van der Waals surface area contributed by atoms with Crippen LogP contribution in [0.5, 0.6) is 0 Å². The number of amides is 1. The molecule has 1 amide bonds. The van der Waals surface area contributed by atoms with Crippen molar-refractivity contribution in [3.63, 3.8) is 0 Å². The Hall–Kier alpha value is -2.33. The number of hydrogen-bond donors (Lipinski definition) is 2. The summed E-state index contributed by atoms with van der Waals surface area (Å²) in [7, 11) is 1.41. The van der Waals surface area contributed by atoms with Crippen LogP contribution in [0.3, 0.4) is 0 Å². The van der Waals surface area contributed by atoms with E-state index in [1.165, 1.54) is 25.3 Å². The molecule has 3 rings (SSSR count). The lowest BCUT2D eigenvalue weighted by Crippen LogP contribution is -2.42. The quantitative estimate of drug-likeness (QED) is 0.360. The van der Waals surface area contributed by atoms with Crippen LogP contribution in [0.2, 0.25) is 10.0 Å². The Morgan fingerprint density at radius 3 is 2.48 bits per heavy atom. The molecular weight excluding hydrogens is 458 g/mol. The SMILES string of the molecule is CONCNC(=O)c1ccc(C2=NOC(c3cc(Cl)cc(Cl)c3)(C(F)(F)F)C2)cc1C.